The number of amides is 3. The zero-order valence-corrected chi connectivity index (χ0v) is 66.5. The Kier molecular flexibility index (Phi) is 28.1. The summed E-state index contributed by atoms with van der Waals surface area (Å²) in [5.41, 5.74) is 20.5. The van der Waals surface area contributed by atoms with Gasteiger partial charge in [-0.15, -0.1) is 0 Å². The van der Waals surface area contributed by atoms with Gasteiger partial charge in [-0.05, 0) is 254 Å². The van der Waals surface area contributed by atoms with Crippen LogP contribution in [0.3, 0.4) is 0 Å². The Morgan fingerprint density at radius 3 is 1.20 bits per heavy atom. The van der Waals surface area contributed by atoms with Gasteiger partial charge in [-0.3, -0.25) is 33.8 Å². The first-order chi connectivity index (χ1) is 55.3. The van der Waals surface area contributed by atoms with Crippen LogP contribution in [0.25, 0.3) is 51.7 Å². The summed E-state index contributed by atoms with van der Waals surface area (Å²) in [6.07, 6.45) is 13.8. The van der Waals surface area contributed by atoms with E-state index in [2.05, 4.69) is 26.3 Å². The summed E-state index contributed by atoms with van der Waals surface area (Å²) in [6, 6.07) is 38.7. The van der Waals surface area contributed by atoms with Gasteiger partial charge in [-0.1, -0.05) is 24.3 Å². The molecule has 0 atom stereocenters. The van der Waals surface area contributed by atoms with Gasteiger partial charge in [0.05, 0.1) is 95.7 Å². The Morgan fingerprint density at radius 1 is 0.435 bits per heavy atom. The van der Waals surface area contributed by atoms with Gasteiger partial charge in [0, 0.05) is 74.4 Å². The lowest BCUT2D eigenvalue weighted by Gasteiger charge is -2.15. The maximum absolute atomic E-state index is 14.3. The number of aromatic nitrogens is 3. The number of carbonyl (C=O) groups excluding carboxylic acids is 3. The highest BCUT2D eigenvalue weighted by Gasteiger charge is 2.31. The molecule has 3 aliphatic rings. The van der Waals surface area contributed by atoms with E-state index in [-0.39, 0.29) is 62.2 Å². The number of methoxy groups -OCH3 is 8. The summed E-state index contributed by atoms with van der Waals surface area (Å²) in [5, 5.41) is 39.3. The number of halogens is 1. The predicted octanol–water partition coefficient (Wildman–Crippen LogP) is 14.6. The second-order valence-corrected chi connectivity index (χ2v) is 27.3. The monoisotopic (exact) mass is 1560 g/mol. The number of aryl methyl sites for hydroxylation is 2. The molecule has 0 saturated heterocycles. The van der Waals surface area contributed by atoms with Crippen LogP contribution in [0, 0.1) is 5.82 Å². The van der Waals surface area contributed by atoms with Gasteiger partial charge in [0.2, 0.25) is 17.7 Å². The lowest BCUT2D eigenvalue weighted by molar-refractivity contribution is -0.137. The van der Waals surface area contributed by atoms with Crippen molar-refractivity contribution in [1.29, 1.82) is 0 Å². The van der Waals surface area contributed by atoms with E-state index < -0.39 is 17.9 Å². The van der Waals surface area contributed by atoms with Crippen LogP contribution < -0.4 is 59.2 Å². The molecule has 0 unspecified atom stereocenters. The molecule has 9 aromatic rings. The van der Waals surface area contributed by atoms with Gasteiger partial charge in [0.25, 0.3) is 0 Å². The van der Waals surface area contributed by atoms with Crippen molar-refractivity contribution in [2.75, 3.05) is 68.7 Å². The molecule has 7 N–H and O–H groups in total. The van der Waals surface area contributed by atoms with Gasteiger partial charge in [0.15, 0.2) is 0 Å². The number of pyridine rings is 1. The van der Waals surface area contributed by atoms with E-state index in [1.54, 1.807) is 59.0 Å². The van der Waals surface area contributed by atoms with Crippen molar-refractivity contribution in [3.05, 3.63) is 253 Å². The molecule has 3 aliphatic carbocycles. The molecular weight excluding hydrogens is 1470 g/mol. The molecule has 0 aliphatic heterocycles. The molecule has 12 rings (SSSR count). The number of nitrogens with one attached hydrogen (secondary N) is 4. The number of fused-ring (bicyclic) bond motifs is 3. The van der Waals surface area contributed by atoms with Gasteiger partial charge in [-0.25, -0.2) is 4.39 Å². The standard InChI is InChI=1S/C31H34N2O6.C30H31N3O6.C29H29FN2O5/c1-19-25(13-20-14-28(38-4)24(10-11-31(35)36)29(15-20)39-5)23-9-8-22(37-3)16-27(23)26(19)17-30(34)32-18-21-7-6-12-33(21)2;1-18-23(10-20-11-26(38-3)30(27(12-20)39-4)33-17-29(35)36)22-8-7-21(37-2)13-25(22)24(18)14-28(34)32-16-19-6-5-9-31-15-19;1-17-22(10-18-11-26(36-3)25(15-29(34)35)27(12-18)37-4)21-8-7-19(30)13-24(21)23(17)14-28(33)31-16-20-6-5-9-32(20)2/h6-9,12-16H,10-11,17-18H2,1-5H3,(H,32,34)(H,35,36);5-13,15,33H,14,16-17H2,1-4H3,(H,32,34)(H,35,36);5-13H,14-16H2,1-4H3,(H,31,33)(H,34,35)/b25-13-;23-10-;22-10-. The lowest BCUT2D eigenvalue weighted by atomic mass is 9.98. The normalized spacial score (nSPS) is 13.4. The van der Waals surface area contributed by atoms with Crippen LogP contribution >= 0.6 is 0 Å². The minimum atomic E-state index is -0.999. The van der Waals surface area contributed by atoms with Crippen LogP contribution in [0.4, 0.5) is 10.1 Å². The molecular formula is C90H94FN7O17. The Balaban J connectivity index is 0.000000182. The second kappa shape index (κ2) is 38.6. The molecule has 598 valence electrons. The molecule has 3 heterocycles. The number of nitrogens with zero attached hydrogens (tertiary/aromatic N) is 3. The number of carbonyl (C=O) groups is 6. The van der Waals surface area contributed by atoms with Crippen molar-refractivity contribution in [2.24, 2.45) is 14.1 Å². The number of benzene rings is 6. The van der Waals surface area contributed by atoms with E-state index in [0.29, 0.717) is 88.7 Å². The number of hydrogen-bond donors (Lipinski definition) is 7. The van der Waals surface area contributed by atoms with Crippen LogP contribution in [0.15, 0.2) is 169 Å². The Hall–Kier alpha value is -13.6. The number of ether oxygens (including phenoxy) is 8. The Morgan fingerprint density at radius 2 is 0.835 bits per heavy atom. The van der Waals surface area contributed by atoms with Crippen molar-refractivity contribution in [3.63, 3.8) is 0 Å². The zero-order chi connectivity index (χ0) is 82.7. The largest absolute Gasteiger partial charge is 0.497 e. The van der Waals surface area contributed by atoms with Crippen molar-refractivity contribution in [2.45, 2.75) is 78.9 Å². The van der Waals surface area contributed by atoms with E-state index >= 15 is 0 Å². The molecule has 3 aromatic heterocycles. The minimum Gasteiger partial charge on any atom is -0.497 e. The molecule has 115 heavy (non-hydrogen) atoms. The summed E-state index contributed by atoms with van der Waals surface area (Å²) in [7, 11) is 16.2. The molecule has 0 radical (unpaired) electrons. The van der Waals surface area contributed by atoms with Gasteiger partial charge in [0.1, 0.15) is 64.0 Å². The van der Waals surface area contributed by atoms with Crippen molar-refractivity contribution >= 4 is 93.0 Å². The third-order valence-electron chi connectivity index (χ3n) is 20.2. The van der Waals surface area contributed by atoms with E-state index in [4.69, 9.17) is 48.1 Å². The maximum Gasteiger partial charge on any atom is 0.322 e. The predicted molar refractivity (Wildman–Crippen MR) is 440 cm³/mol. The van der Waals surface area contributed by atoms with Crippen LogP contribution in [-0.4, -0.2) is 128 Å². The van der Waals surface area contributed by atoms with E-state index in [1.165, 1.54) is 40.6 Å². The number of allylic oxidation sites excluding steroid dienone is 6. The first-order valence-corrected chi connectivity index (χ1v) is 36.8. The molecule has 24 nitrogen and oxygen atoms in total. The summed E-state index contributed by atoms with van der Waals surface area (Å²) in [5.74, 6) is 0.670. The van der Waals surface area contributed by atoms with Gasteiger partial charge >= 0.3 is 17.9 Å². The number of aliphatic carboxylic acids is 3. The summed E-state index contributed by atoms with van der Waals surface area (Å²) in [4.78, 5) is 76.5. The molecule has 3 amide bonds. The topological polar surface area (TPSA) is 308 Å². The fourth-order valence-corrected chi connectivity index (χ4v) is 14.2. The van der Waals surface area contributed by atoms with Gasteiger partial charge < -0.3 is 83.6 Å². The summed E-state index contributed by atoms with van der Waals surface area (Å²) >= 11 is 0. The fourth-order valence-electron chi connectivity index (χ4n) is 14.2. The third kappa shape index (κ3) is 20.4. The number of carboxylic acids is 3. The molecule has 0 saturated carbocycles. The number of anilines is 1. The van der Waals surface area contributed by atoms with E-state index in [1.807, 2.05) is 172 Å². The Labute approximate surface area is 666 Å². The summed E-state index contributed by atoms with van der Waals surface area (Å²) in [6.45, 7) is 6.90. The van der Waals surface area contributed by atoms with E-state index in [9.17, 15) is 38.3 Å². The number of rotatable bonds is 31. The van der Waals surface area contributed by atoms with Crippen LogP contribution in [0.5, 0.6) is 46.0 Å². The molecule has 25 heteroatoms. The summed E-state index contributed by atoms with van der Waals surface area (Å²) < 4.78 is 62.3. The highest BCUT2D eigenvalue weighted by atomic mass is 19.1. The number of hydrogen-bond acceptors (Lipinski definition) is 16. The van der Waals surface area contributed by atoms with Crippen molar-refractivity contribution < 1.29 is 86.4 Å². The first kappa shape index (κ1) is 83.9. The smallest absolute Gasteiger partial charge is 0.322 e. The Bertz CT molecular complexity index is 5310. The minimum absolute atomic E-state index is 0.0281. The molecule has 0 spiro atoms. The molecule has 0 bridgehead atoms. The fraction of sp³-hybridized carbons (Fsp3) is 0.256. The molecule has 6 aromatic carbocycles. The maximum atomic E-state index is 14.3. The van der Waals surface area contributed by atoms with Gasteiger partial charge in [-0.2, -0.15) is 0 Å². The average Bonchev–Trinajstić information content (AvgIpc) is 1.63. The van der Waals surface area contributed by atoms with Crippen molar-refractivity contribution in [1.82, 2.24) is 30.1 Å². The molecule has 0 fully saturated rings. The van der Waals surface area contributed by atoms with E-state index in [0.717, 1.165) is 117 Å². The van der Waals surface area contributed by atoms with Crippen LogP contribution in [-0.2, 0) is 75.3 Å². The quantitative estimate of drug-likeness (QED) is 0.0212. The SMILES string of the molecule is COc1cc(/C=C2/C(C)=C(CC(=O)NCc3cccn3C)c3cc(F)ccc32)cc(OC)c1CC(=O)O.COc1ccc2c(c1)C(CC(=O)NCc1cccn1C)=C(C)/C2=C/c1cc(OC)c(CCC(=O)O)c(OC)c1.COc1ccc2c(c1)C(CC(=O)NCc1cccnc1)=C(C)/C2=C/c1cc(OC)c(NCC(=O)O)c(OC)c1. The average molecular weight is 1560 g/mol. The third-order valence-corrected chi connectivity index (χ3v) is 20.2. The van der Waals surface area contributed by atoms with Crippen molar-refractivity contribution in [3.8, 4) is 46.0 Å². The zero-order valence-electron chi connectivity index (χ0n) is 66.5. The first-order valence-electron chi connectivity index (χ1n) is 36.8. The highest BCUT2D eigenvalue weighted by molar-refractivity contribution is 6.11. The second-order valence-electron chi connectivity index (χ2n) is 27.3. The van der Waals surface area contributed by atoms with Crippen LogP contribution in [0.2, 0.25) is 0 Å². The lowest BCUT2D eigenvalue weighted by Crippen LogP contribution is -2.23. The number of carboxylic acid groups (broad SMARTS) is 3. The highest BCUT2D eigenvalue weighted by Crippen LogP contribution is 2.49. The van der Waals surface area contributed by atoms with Crippen LogP contribution in [0.1, 0.15) is 125 Å².